The number of amides is 1. The summed E-state index contributed by atoms with van der Waals surface area (Å²) in [6, 6.07) is 0.0439. The van der Waals surface area contributed by atoms with E-state index in [4.69, 9.17) is 0 Å². The third kappa shape index (κ3) is 3.50. The smallest absolute Gasteiger partial charge is 0.237 e. The summed E-state index contributed by atoms with van der Waals surface area (Å²) in [5.41, 5.74) is 0. The van der Waals surface area contributed by atoms with Crippen LogP contribution in [0.2, 0.25) is 0 Å². The lowest BCUT2D eigenvalue weighted by atomic mass is 10.2. The fraction of sp³-hybridized carbons (Fsp3) is 0.900. The maximum absolute atomic E-state index is 11.6. The molecule has 0 aromatic carbocycles. The number of nitrogens with zero attached hydrogens (tertiary/aromatic N) is 1. The van der Waals surface area contributed by atoms with Crippen molar-refractivity contribution >= 4 is 17.7 Å². The number of thioether (sulfide) groups is 1. The van der Waals surface area contributed by atoms with Crippen LogP contribution in [0.3, 0.4) is 0 Å². The van der Waals surface area contributed by atoms with Crippen LogP contribution >= 0.6 is 11.8 Å². The van der Waals surface area contributed by atoms with E-state index in [2.05, 4.69) is 17.1 Å². The summed E-state index contributed by atoms with van der Waals surface area (Å²) in [5, 5.41) is 2.94. The van der Waals surface area contributed by atoms with Crippen molar-refractivity contribution in [2.24, 2.45) is 0 Å². The third-order valence-electron chi connectivity index (χ3n) is 2.52. The molecule has 1 aliphatic heterocycles. The molecule has 0 unspecified atom stereocenters. The number of hydrogen-bond donors (Lipinski definition) is 1. The summed E-state index contributed by atoms with van der Waals surface area (Å²) in [5.74, 6) is 2.50. The first-order chi connectivity index (χ1) is 6.75. The Labute approximate surface area is 90.6 Å². The highest BCUT2D eigenvalue weighted by molar-refractivity contribution is 7.99. The molecule has 0 saturated carbocycles. The Morgan fingerprint density at radius 1 is 1.50 bits per heavy atom. The van der Waals surface area contributed by atoms with Crippen LogP contribution in [0.1, 0.15) is 20.3 Å². The van der Waals surface area contributed by atoms with E-state index in [0.717, 1.165) is 37.6 Å². The van der Waals surface area contributed by atoms with E-state index >= 15 is 0 Å². The SMILES string of the molecule is CCCNC(=O)[C@@H](C)N1CCSCC1. The van der Waals surface area contributed by atoms with Gasteiger partial charge in [-0.3, -0.25) is 9.69 Å². The molecule has 1 heterocycles. The average molecular weight is 216 g/mol. The normalized spacial score (nSPS) is 20.4. The van der Waals surface area contributed by atoms with Gasteiger partial charge >= 0.3 is 0 Å². The Balaban J connectivity index is 2.30. The van der Waals surface area contributed by atoms with Gasteiger partial charge in [0.25, 0.3) is 0 Å². The number of nitrogens with one attached hydrogen (secondary N) is 1. The molecule has 0 radical (unpaired) electrons. The van der Waals surface area contributed by atoms with Crippen LogP contribution in [0.4, 0.5) is 0 Å². The molecule has 1 atom stereocenters. The first kappa shape index (κ1) is 11.9. The Morgan fingerprint density at radius 3 is 2.71 bits per heavy atom. The molecular formula is C10H20N2OS. The van der Waals surface area contributed by atoms with Crippen LogP contribution < -0.4 is 5.32 Å². The van der Waals surface area contributed by atoms with Crippen molar-refractivity contribution < 1.29 is 4.79 Å². The molecule has 0 aromatic heterocycles. The van der Waals surface area contributed by atoms with Crippen molar-refractivity contribution in [2.45, 2.75) is 26.3 Å². The molecule has 14 heavy (non-hydrogen) atoms. The maximum Gasteiger partial charge on any atom is 0.237 e. The van der Waals surface area contributed by atoms with E-state index in [0.29, 0.717) is 0 Å². The standard InChI is InChI=1S/C10H20N2OS/c1-3-4-11-10(13)9(2)12-5-7-14-8-6-12/h9H,3-8H2,1-2H3,(H,11,13)/t9-/m1/s1. The van der Waals surface area contributed by atoms with E-state index in [1.165, 1.54) is 0 Å². The van der Waals surface area contributed by atoms with Gasteiger partial charge in [0, 0.05) is 31.1 Å². The fourth-order valence-corrected chi connectivity index (χ4v) is 2.46. The second-order valence-corrected chi connectivity index (χ2v) is 4.84. The van der Waals surface area contributed by atoms with Crippen LogP contribution in [0, 0.1) is 0 Å². The fourth-order valence-electron chi connectivity index (χ4n) is 1.53. The number of rotatable bonds is 4. The number of carbonyl (C=O) groups is 1. The third-order valence-corrected chi connectivity index (χ3v) is 3.46. The van der Waals surface area contributed by atoms with Crippen molar-refractivity contribution in [1.29, 1.82) is 0 Å². The Morgan fingerprint density at radius 2 is 2.14 bits per heavy atom. The largest absolute Gasteiger partial charge is 0.355 e. The summed E-state index contributed by atoms with van der Waals surface area (Å²) in [4.78, 5) is 13.9. The minimum Gasteiger partial charge on any atom is -0.355 e. The summed E-state index contributed by atoms with van der Waals surface area (Å²) < 4.78 is 0. The zero-order valence-electron chi connectivity index (χ0n) is 9.08. The molecule has 1 amide bonds. The van der Waals surface area contributed by atoms with Gasteiger partial charge in [0.1, 0.15) is 0 Å². The highest BCUT2D eigenvalue weighted by Crippen LogP contribution is 2.11. The summed E-state index contributed by atoms with van der Waals surface area (Å²) in [6.45, 7) is 6.96. The zero-order valence-corrected chi connectivity index (χ0v) is 9.90. The Bertz CT molecular complexity index is 181. The van der Waals surface area contributed by atoms with Gasteiger partial charge in [-0.05, 0) is 13.3 Å². The van der Waals surface area contributed by atoms with Gasteiger partial charge in [-0.2, -0.15) is 11.8 Å². The predicted octanol–water partition coefficient (Wildman–Crippen LogP) is 0.950. The number of hydrogen-bond acceptors (Lipinski definition) is 3. The van der Waals surface area contributed by atoms with Crippen LogP contribution in [0.5, 0.6) is 0 Å². The quantitative estimate of drug-likeness (QED) is 0.759. The predicted molar refractivity (Wildman–Crippen MR) is 61.7 cm³/mol. The van der Waals surface area contributed by atoms with Crippen LogP contribution in [-0.2, 0) is 4.79 Å². The van der Waals surface area contributed by atoms with E-state index in [1.807, 2.05) is 18.7 Å². The molecule has 0 spiro atoms. The number of carbonyl (C=O) groups excluding carboxylic acids is 1. The monoisotopic (exact) mass is 216 g/mol. The second kappa shape index (κ2) is 6.30. The first-order valence-corrected chi connectivity index (χ1v) is 6.50. The lowest BCUT2D eigenvalue weighted by Crippen LogP contribution is -2.48. The van der Waals surface area contributed by atoms with Gasteiger partial charge in [0.15, 0.2) is 0 Å². The lowest BCUT2D eigenvalue weighted by Gasteiger charge is -2.31. The van der Waals surface area contributed by atoms with Crippen molar-refractivity contribution in [1.82, 2.24) is 10.2 Å². The van der Waals surface area contributed by atoms with Gasteiger partial charge in [0.2, 0.25) is 5.91 Å². The van der Waals surface area contributed by atoms with Crippen molar-refractivity contribution in [3.05, 3.63) is 0 Å². The van der Waals surface area contributed by atoms with E-state index in [1.54, 1.807) is 0 Å². The minimum atomic E-state index is 0.0439. The summed E-state index contributed by atoms with van der Waals surface area (Å²) in [7, 11) is 0. The van der Waals surface area contributed by atoms with Gasteiger partial charge in [-0.15, -0.1) is 0 Å². The molecule has 0 aliphatic carbocycles. The summed E-state index contributed by atoms with van der Waals surface area (Å²) >= 11 is 1.97. The van der Waals surface area contributed by atoms with Crippen LogP contribution in [-0.4, -0.2) is 48.0 Å². The molecule has 1 fully saturated rings. The van der Waals surface area contributed by atoms with E-state index in [-0.39, 0.29) is 11.9 Å². The van der Waals surface area contributed by atoms with Crippen LogP contribution in [0.15, 0.2) is 0 Å². The average Bonchev–Trinajstić information content (AvgIpc) is 2.26. The van der Waals surface area contributed by atoms with Gasteiger partial charge in [-0.1, -0.05) is 6.92 Å². The molecule has 0 bridgehead atoms. The van der Waals surface area contributed by atoms with Gasteiger partial charge in [0.05, 0.1) is 6.04 Å². The minimum absolute atomic E-state index is 0.0439. The molecule has 4 heteroatoms. The Hall–Kier alpha value is -0.220. The highest BCUT2D eigenvalue weighted by Gasteiger charge is 2.22. The van der Waals surface area contributed by atoms with E-state index in [9.17, 15) is 4.79 Å². The van der Waals surface area contributed by atoms with Crippen molar-refractivity contribution in [3.63, 3.8) is 0 Å². The van der Waals surface area contributed by atoms with Crippen molar-refractivity contribution in [3.8, 4) is 0 Å². The van der Waals surface area contributed by atoms with Crippen LogP contribution in [0.25, 0.3) is 0 Å². The molecule has 3 nitrogen and oxygen atoms in total. The molecule has 0 aromatic rings. The molecule has 1 rings (SSSR count). The van der Waals surface area contributed by atoms with Crippen molar-refractivity contribution in [2.75, 3.05) is 31.1 Å². The second-order valence-electron chi connectivity index (χ2n) is 3.62. The maximum atomic E-state index is 11.6. The van der Waals surface area contributed by atoms with Gasteiger partial charge in [-0.25, -0.2) is 0 Å². The first-order valence-electron chi connectivity index (χ1n) is 5.35. The molecule has 1 N–H and O–H groups in total. The summed E-state index contributed by atoms with van der Waals surface area (Å²) in [6.07, 6.45) is 1.01. The molecular weight excluding hydrogens is 196 g/mol. The van der Waals surface area contributed by atoms with Gasteiger partial charge < -0.3 is 5.32 Å². The Kier molecular flexibility index (Phi) is 5.33. The highest BCUT2D eigenvalue weighted by atomic mass is 32.2. The molecule has 1 saturated heterocycles. The molecule has 82 valence electrons. The lowest BCUT2D eigenvalue weighted by molar-refractivity contribution is -0.125. The van der Waals surface area contributed by atoms with E-state index < -0.39 is 0 Å². The topological polar surface area (TPSA) is 32.3 Å². The zero-order chi connectivity index (χ0) is 10.4. The molecule has 1 aliphatic rings.